The first kappa shape index (κ1) is 16.7. The molecule has 0 saturated carbocycles. The van der Waals surface area contributed by atoms with Crippen LogP contribution in [0.1, 0.15) is 29.8 Å². The quantitative estimate of drug-likeness (QED) is 0.521. The fraction of sp³-hybridized carbons (Fsp3) is 0.235. The molecule has 3 aromatic rings. The largest absolute Gasteiger partial charge is 0.462 e. The molecular weight excluding hydrogens is 346 g/mol. The molecule has 0 spiro atoms. The van der Waals surface area contributed by atoms with E-state index in [1.165, 1.54) is 16.9 Å². The van der Waals surface area contributed by atoms with Crippen molar-refractivity contribution in [3.05, 3.63) is 46.1 Å². The van der Waals surface area contributed by atoms with Gasteiger partial charge in [0.2, 0.25) is 5.28 Å². The summed E-state index contributed by atoms with van der Waals surface area (Å²) in [6.45, 7) is 4.19. The van der Waals surface area contributed by atoms with Gasteiger partial charge in [0.25, 0.3) is 0 Å². The lowest BCUT2D eigenvalue weighted by molar-refractivity contribution is 0.0529. The Labute approximate surface area is 148 Å². The minimum Gasteiger partial charge on any atom is -0.462 e. The molecule has 5 nitrogen and oxygen atoms in total. The summed E-state index contributed by atoms with van der Waals surface area (Å²) in [6.07, 6.45) is 0.974. The Morgan fingerprint density at radius 1 is 1.25 bits per heavy atom. The van der Waals surface area contributed by atoms with Gasteiger partial charge in [0.1, 0.15) is 10.6 Å². The summed E-state index contributed by atoms with van der Waals surface area (Å²) in [7, 11) is 0. The topological polar surface area (TPSA) is 64.1 Å². The predicted molar refractivity (Wildman–Crippen MR) is 97.5 cm³/mol. The number of aromatic nitrogens is 2. The average molecular weight is 362 g/mol. The molecule has 3 rings (SSSR count). The van der Waals surface area contributed by atoms with Crippen molar-refractivity contribution < 1.29 is 9.53 Å². The smallest absolute Gasteiger partial charge is 0.339 e. The van der Waals surface area contributed by atoms with E-state index in [9.17, 15) is 4.79 Å². The number of halogens is 1. The minimum absolute atomic E-state index is 0.132. The van der Waals surface area contributed by atoms with Crippen LogP contribution in [0.3, 0.4) is 0 Å². The Bertz CT molecular complexity index is 877. The van der Waals surface area contributed by atoms with Gasteiger partial charge < -0.3 is 10.1 Å². The number of hydrogen-bond donors (Lipinski definition) is 1. The summed E-state index contributed by atoms with van der Waals surface area (Å²) in [5, 5.41) is 5.71. The third-order valence-electron chi connectivity index (χ3n) is 3.53. The summed E-state index contributed by atoms with van der Waals surface area (Å²) in [5.41, 5.74) is 2.56. The summed E-state index contributed by atoms with van der Waals surface area (Å²) in [5.74, 6) is 0.109. The van der Waals surface area contributed by atoms with Gasteiger partial charge in [-0.3, -0.25) is 0 Å². The molecule has 0 aliphatic rings. The van der Waals surface area contributed by atoms with Crippen LogP contribution in [0.25, 0.3) is 10.2 Å². The number of anilines is 2. The molecule has 0 atom stereocenters. The number of fused-ring (bicyclic) bond motifs is 1. The number of nitrogens with one attached hydrogen (secondary N) is 1. The van der Waals surface area contributed by atoms with Crippen LogP contribution in [0.4, 0.5) is 11.5 Å². The number of rotatable bonds is 5. The van der Waals surface area contributed by atoms with E-state index in [1.54, 1.807) is 12.3 Å². The fourth-order valence-electron chi connectivity index (χ4n) is 2.33. The molecule has 0 aliphatic carbocycles. The standard InChI is InChI=1S/C17H16ClN3O2S/c1-3-10-5-7-11(8-6-10)19-14-13-12(16(22)23-4-2)9-24-15(13)21-17(18)20-14/h5-9H,3-4H2,1-2H3,(H,19,20,21). The van der Waals surface area contributed by atoms with Gasteiger partial charge in [-0.2, -0.15) is 4.98 Å². The molecule has 0 saturated heterocycles. The first-order valence-electron chi connectivity index (χ1n) is 7.60. The molecule has 0 unspecified atom stereocenters. The van der Waals surface area contributed by atoms with Crippen molar-refractivity contribution in [1.29, 1.82) is 0 Å². The molecule has 2 aromatic heterocycles. The van der Waals surface area contributed by atoms with E-state index in [4.69, 9.17) is 16.3 Å². The third kappa shape index (κ3) is 3.34. The number of esters is 1. The van der Waals surface area contributed by atoms with Gasteiger partial charge in [-0.1, -0.05) is 19.1 Å². The van der Waals surface area contributed by atoms with Gasteiger partial charge in [-0.05, 0) is 42.6 Å². The first-order valence-corrected chi connectivity index (χ1v) is 8.86. The van der Waals surface area contributed by atoms with Gasteiger partial charge >= 0.3 is 5.97 Å². The molecule has 7 heteroatoms. The second kappa shape index (κ2) is 7.15. The number of carbonyl (C=O) groups is 1. The Hall–Kier alpha value is -2.18. The van der Waals surface area contributed by atoms with E-state index in [0.29, 0.717) is 28.2 Å². The van der Waals surface area contributed by atoms with Gasteiger partial charge in [0.15, 0.2) is 0 Å². The normalized spacial score (nSPS) is 10.8. The highest BCUT2D eigenvalue weighted by molar-refractivity contribution is 7.17. The van der Waals surface area contributed by atoms with Crippen molar-refractivity contribution >= 4 is 50.6 Å². The monoisotopic (exact) mass is 361 g/mol. The van der Waals surface area contributed by atoms with Crippen LogP contribution in [-0.4, -0.2) is 22.5 Å². The molecule has 124 valence electrons. The second-order valence-electron chi connectivity index (χ2n) is 5.07. The van der Waals surface area contributed by atoms with Gasteiger partial charge in [0, 0.05) is 11.1 Å². The molecule has 0 radical (unpaired) electrons. The van der Waals surface area contributed by atoms with Crippen molar-refractivity contribution in [3.63, 3.8) is 0 Å². The van der Waals surface area contributed by atoms with E-state index >= 15 is 0 Å². The van der Waals surface area contributed by atoms with Crippen LogP contribution in [0.15, 0.2) is 29.6 Å². The Morgan fingerprint density at radius 3 is 2.67 bits per heavy atom. The van der Waals surface area contributed by atoms with E-state index in [1.807, 2.05) is 24.3 Å². The predicted octanol–water partition coefficient (Wildman–Crippen LogP) is 4.83. The van der Waals surface area contributed by atoms with Crippen molar-refractivity contribution in [2.24, 2.45) is 0 Å². The van der Waals surface area contributed by atoms with Crippen molar-refractivity contribution in [1.82, 2.24) is 9.97 Å². The zero-order valence-corrected chi connectivity index (χ0v) is 14.9. The Balaban J connectivity index is 2.04. The van der Waals surface area contributed by atoms with Gasteiger partial charge in [-0.15, -0.1) is 11.3 Å². The van der Waals surface area contributed by atoms with Gasteiger partial charge in [0.05, 0.1) is 17.6 Å². The maximum Gasteiger partial charge on any atom is 0.339 e. The molecule has 0 fully saturated rings. The maximum atomic E-state index is 12.2. The molecule has 1 N–H and O–H groups in total. The lowest BCUT2D eigenvalue weighted by atomic mass is 10.1. The minimum atomic E-state index is -0.390. The van der Waals surface area contributed by atoms with Gasteiger partial charge in [-0.25, -0.2) is 9.78 Å². The number of carbonyl (C=O) groups excluding carboxylic acids is 1. The summed E-state index contributed by atoms with van der Waals surface area (Å²) >= 11 is 7.35. The highest BCUT2D eigenvalue weighted by atomic mass is 35.5. The zero-order chi connectivity index (χ0) is 17.1. The number of ether oxygens (including phenoxy) is 1. The van der Waals surface area contributed by atoms with E-state index in [0.717, 1.165) is 12.1 Å². The molecule has 24 heavy (non-hydrogen) atoms. The lowest BCUT2D eigenvalue weighted by Gasteiger charge is -2.09. The van der Waals surface area contributed by atoms with Crippen LogP contribution in [-0.2, 0) is 11.2 Å². The molecule has 0 bridgehead atoms. The Morgan fingerprint density at radius 2 is 2.00 bits per heavy atom. The summed E-state index contributed by atoms with van der Waals surface area (Å²) < 4.78 is 5.11. The number of benzene rings is 1. The molecule has 0 amide bonds. The molecule has 0 aliphatic heterocycles. The Kier molecular flexibility index (Phi) is 4.97. The highest BCUT2D eigenvalue weighted by Gasteiger charge is 2.19. The molecular formula is C17H16ClN3O2S. The highest BCUT2D eigenvalue weighted by Crippen LogP contribution is 2.33. The van der Waals surface area contributed by atoms with Crippen LogP contribution in [0, 0.1) is 0 Å². The number of thiophene rings is 1. The van der Waals surface area contributed by atoms with Crippen LogP contribution < -0.4 is 5.32 Å². The van der Waals surface area contributed by atoms with Crippen LogP contribution in [0.2, 0.25) is 5.28 Å². The third-order valence-corrected chi connectivity index (χ3v) is 4.57. The first-order chi connectivity index (χ1) is 11.6. The fourth-order valence-corrected chi connectivity index (χ4v) is 3.45. The van der Waals surface area contributed by atoms with Crippen LogP contribution >= 0.6 is 22.9 Å². The number of aryl methyl sites for hydroxylation is 1. The van der Waals surface area contributed by atoms with E-state index in [2.05, 4.69) is 22.2 Å². The van der Waals surface area contributed by atoms with Crippen molar-refractivity contribution in [2.75, 3.05) is 11.9 Å². The maximum absolute atomic E-state index is 12.2. The zero-order valence-electron chi connectivity index (χ0n) is 13.3. The van der Waals surface area contributed by atoms with E-state index in [-0.39, 0.29) is 11.3 Å². The van der Waals surface area contributed by atoms with E-state index < -0.39 is 0 Å². The van der Waals surface area contributed by atoms with Crippen LogP contribution in [0.5, 0.6) is 0 Å². The molecule has 1 aromatic carbocycles. The summed E-state index contributed by atoms with van der Waals surface area (Å²) in [4.78, 5) is 21.3. The molecule has 2 heterocycles. The SMILES string of the molecule is CCOC(=O)c1csc2nc(Cl)nc(Nc3ccc(CC)cc3)c12. The average Bonchev–Trinajstić information content (AvgIpc) is 2.99. The van der Waals surface area contributed by atoms with Crippen molar-refractivity contribution in [3.8, 4) is 0 Å². The number of hydrogen-bond acceptors (Lipinski definition) is 6. The lowest BCUT2D eigenvalue weighted by Crippen LogP contribution is -2.05. The second-order valence-corrected chi connectivity index (χ2v) is 6.26. The summed E-state index contributed by atoms with van der Waals surface area (Å²) in [6, 6.07) is 8.03. The van der Waals surface area contributed by atoms with Crippen molar-refractivity contribution in [2.45, 2.75) is 20.3 Å². The number of nitrogens with zero attached hydrogens (tertiary/aromatic N) is 2.